The number of hydrogen-bond acceptors (Lipinski definition) is 7. The first-order valence-electron chi connectivity index (χ1n) is 9.04. The van der Waals surface area contributed by atoms with Crippen LogP contribution in [0.4, 0.5) is 0 Å². The Balaban J connectivity index is 3.07. The predicted molar refractivity (Wildman–Crippen MR) is 99.4 cm³/mol. The van der Waals surface area contributed by atoms with Crippen LogP contribution in [0, 0.1) is 5.92 Å². The number of rotatable bonds is 11. The van der Waals surface area contributed by atoms with Crippen molar-refractivity contribution in [2.24, 2.45) is 5.92 Å². The highest BCUT2D eigenvalue weighted by Gasteiger charge is 2.47. The molecule has 1 rings (SSSR count). The normalized spacial score (nSPS) is 23.1. The lowest BCUT2D eigenvalue weighted by atomic mass is 9.81. The molecule has 1 aliphatic carbocycles. The fraction of sp³-hybridized carbons (Fsp3) is 0.722. The molecule has 1 unspecified atom stereocenters. The molecule has 0 amide bonds. The summed E-state index contributed by atoms with van der Waals surface area (Å²) >= 11 is 0. The Bertz CT molecular complexity index is 661. The van der Waals surface area contributed by atoms with E-state index in [1.807, 2.05) is 13.8 Å². The van der Waals surface area contributed by atoms with Crippen molar-refractivity contribution in [3.8, 4) is 0 Å². The van der Waals surface area contributed by atoms with Crippen LogP contribution in [0.5, 0.6) is 0 Å². The Morgan fingerprint density at radius 1 is 1.30 bits per heavy atom. The van der Waals surface area contributed by atoms with Crippen molar-refractivity contribution < 1.29 is 37.1 Å². The first kappa shape index (κ1) is 23.8. The lowest BCUT2D eigenvalue weighted by Crippen LogP contribution is -2.47. The molecule has 2 N–H and O–H groups in total. The van der Waals surface area contributed by atoms with Gasteiger partial charge in [0.25, 0.3) is 10.1 Å². The van der Waals surface area contributed by atoms with E-state index in [0.717, 1.165) is 6.92 Å². The molecular weight excluding hydrogens is 376 g/mol. The van der Waals surface area contributed by atoms with Crippen molar-refractivity contribution in [2.45, 2.75) is 58.8 Å². The number of carbonyl (C=O) groups excluding carboxylic acids is 1. The first-order valence-corrected chi connectivity index (χ1v) is 10.5. The molecule has 0 bridgehead atoms. The molecule has 0 saturated heterocycles. The van der Waals surface area contributed by atoms with Crippen molar-refractivity contribution in [1.29, 1.82) is 0 Å². The largest absolute Gasteiger partial charge is 0.462 e. The highest BCUT2D eigenvalue weighted by atomic mass is 32.2. The second-order valence-corrected chi connectivity index (χ2v) is 7.77. The summed E-state index contributed by atoms with van der Waals surface area (Å²) in [7, 11) is -4.71. The average molecular weight is 406 g/mol. The number of carbonyl (C=O) groups is 1. The van der Waals surface area contributed by atoms with E-state index in [-0.39, 0.29) is 12.0 Å². The van der Waals surface area contributed by atoms with Crippen molar-refractivity contribution >= 4 is 16.1 Å². The summed E-state index contributed by atoms with van der Waals surface area (Å²) in [5.41, 5.74) is -1.75. The summed E-state index contributed by atoms with van der Waals surface area (Å²) in [6, 6.07) is 0. The SMILES string of the molecule is CCOC(CCCC1=C(S(=O)(=O)O)[C@@](O)(COC(C)=O)C(C)C=C1)OCC. The Morgan fingerprint density at radius 2 is 1.89 bits per heavy atom. The summed E-state index contributed by atoms with van der Waals surface area (Å²) in [5, 5.41) is 11.0. The predicted octanol–water partition coefficient (Wildman–Crippen LogP) is 2.20. The van der Waals surface area contributed by atoms with Gasteiger partial charge >= 0.3 is 5.97 Å². The van der Waals surface area contributed by atoms with Gasteiger partial charge in [0.15, 0.2) is 6.29 Å². The highest BCUT2D eigenvalue weighted by Crippen LogP contribution is 2.39. The molecule has 27 heavy (non-hydrogen) atoms. The van der Waals surface area contributed by atoms with Crippen molar-refractivity contribution in [1.82, 2.24) is 0 Å². The molecule has 1 aliphatic rings. The highest BCUT2D eigenvalue weighted by molar-refractivity contribution is 7.90. The van der Waals surface area contributed by atoms with Crippen LogP contribution >= 0.6 is 0 Å². The van der Waals surface area contributed by atoms with Crippen LogP contribution in [0.1, 0.15) is 47.0 Å². The van der Waals surface area contributed by atoms with Crippen LogP contribution in [0.2, 0.25) is 0 Å². The number of aliphatic hydroxyl groups is 1. The maximum atomic E-state index is 12.0. The van der Waals surface area contributed by atoms with Gasteiger partial charge in [-0.25, -0.2) is 0 Å². The van der Waals surface area contributed by atoms with Gasteiger partial charge in [0.2, 0.25) is 0 Å². The standard InChI is InChI=1S/C18H30O8S/c1-5-24-16(25-6-2)9-7-8-15-11-10-13(3)18(20,12-26-14(4)19)17(15)27(21,22)23/h10-11,13,16,20H,5-9,12H2,1-4H3,(H,21,22,23)/t13?,18-/m1/s1. The maximum absolute atomic E-state index is 12.0. The third-order valence-corrected chi connectivity index (χ3v) is 5.50. The van der Waals surface area contributed by atoms with E-state index in [9.17, 15) is 22.9 Å². The summed E-state index contributed by atoms with van der Waals surface area (Å²) in [6.45, 7) is 6.87. The quantitative estimate of drug-likeness (QED) is 0.304. The average Bonchev–Trinajstić information content (AvgIpc) is 2.55. The smallest absolute Gasteiger partial charge is 0.302 e. The van der Waals surface area contributed by atoms with Crippen molar-refractivity contribution in [3.05, 3.63) is 22.6 Å². The minimum atomic E-state index is -4.71. The summed E-state index contributed by atoms with van der Waals surface area (Å²) < 4.78 is 49.6. The Kier molecular flexibility index (Phi) is 9.10. The molecule has 0 aromatic carbocycles. The topological polar surface area (TPSA) is 119 Å². The number of ether oxygens (including phenoxy) is 3. The van der Waals surface area contributed by atoms with Gasteiger partial charge in [0.1, 0.15) is 17.1 Å². The monoisotopic (exact) mass is 406 g/mol. The molecule has 0 aromatic heterocycles. The summed E-state index contributed by atoms with van der Waals surface area (Å²) in [4.78, 5) is 10.6. The number of allylic oxidation sites excluding steroid dienone is 2. The zero-order valence-corrected chi connectivity index (χ0v) is 17.1. The fourth-order valence-electron chi connectivity index (χ4n) is 3.02. The third-order valence-electron chi connectivity index (χ3n) is 4.37. The minimum Gasteiger partial charge on any atom is -0.462 e. The van der Waals surface area contributed by atoms with E-state index in [2.05, 4.69) is 0 Å². The molecular formula is C18H30O8S. The number of esters is 1. The zero-order chi connectivity index (χ0) is 20.7. The molecule has 8 nitrogen and oxygen atoms in total. The zero-order valence-electron chi connectivity index (χ0n) is 16.3. The second kappa shape index (κ2) is 10.3. The molecule has 0 saturated carbocycles. The van der Waals surface area contributed by atoms with Gasteiger partial charge < -0.3 is 19.3 Å². The van der Waals surface area contributed by atoms with Crippen LogP contribution in [0.15, 0.2) is 22.6 Å². The molecule has 156 valence electrons. The van der Waals surface area contributed by atoms with Gasteiger partial charge in [-0.3, -0.25) is 9.35 Å². The van der Waals surface area contributed by atoms with Crippen LogP contribution in [0.3, 0.4) is 0 Å². The Labute approximate surface area is 160 Å². The summed E-state index contributed by atoms with van der Waals surface area (Å²) in [6.07, 6.45) is 4.12. The van der Waals surface area contributed by atoms with E-state index in [1.54, 1.807) is 19.1 Å². The van der Waals surface area contributed by atoms with E-state index in [4.69, 9.17) is 14.2 Å². The van der Waals surface area contributed by atoms with Gasteiger partial charge in [0.05, 0.1) is 0 Å². The molecule has 2 atom stereocenters. The lowest BCUT2D eigenvalue weighted by molar-refractivity contribution is -0.148. The molecule has 0 heterocycles. The van der Waals surface area contributed by atoms with Gasteiger partial charge in [-0.15, -0.1) is 0 Å². The molecule has 0 aromatic rings. The molecule has 0 aliphatic heterocycles. The van der Waals surface area contributed by atoms with E-state index < -0.39 is 45.4 Å². The molecule has 0 radical (unpaired) electrons. The minimum absolute atomic E-state index is 0.275. The van der Waals surface area contributed by atoms with Gasteiger partial charge in [-0.2, -0.15) is 8.42 Å². The first-order chi connectivity index (χ1) is 12.6. The molecule has 9 heteroatoms. The van der Waals surface area contributed by atoms with Crippen LogP contribution < -0.4 is 0 Å². The Morgan fingerprint density at radius 3 is 2.37 bits per heavy atom. The van der Waals surface area contributed by atoms with Crippen molar-refractivity contribution in [3.63, 3.8) is 0 Å². The summed E-state index contributed by atoms with van der Waals surface area (Å²) in [5.74, 6) is -1.32. The number of hydrogen-bond donors (Lipinski definition) is 2. The molecule has 0 fully saturated rings. The maximum Gasteiger partial charge on any atom is 0.302 e. The van der Waals surface area contributed by atoms with E-state index in [1.165, 1.54) is 0 Å². The van der Waals surface area contributed by atoms with E-state index in [0.29, 0.717) is 26.1 Å². The molecule has 0 spiro atoms. The third kappa shape index (κ3) is 6.69. The fourth-order valence-corrected chi connectivity index (χ4v) is 4.21. The van der Waals surface area contributed by atoms with Crippen LogP contribution in [-0.4, -0.2) is 55.8 Å². The van der Waals surface area contributed by atoms with Gasteiger partial charge in [0, 0.05) is 26.1 Å². The second-order valence-electron chi connectivity index (χ2n) is 6.41. The van der Waals surface area contributed by atoms with Crippen LogP contribution in [0.25, 0.3) is 0 Å². The van der Waals surface area contributed by atoms with Crippen molar-refractivity contribution in [2.75, 3.05) is 19.8 Å². The van der Waals surface area contributed by atoms with Gasteiger partial charge in [-0.05, 0) is 38.7 Å². The Hall–Kier alpha value is -1.26. The van der Waals surface area contributed by atoms with E-state index >= 15 is 0 Å². The lowest BCUT2D eigenvalue weighted by Gasteiger charge is -2.36. The van der Waals surface area contributed by atoms with Crippen LogP contribution in [-0.2, 0) is 29.1 Å². The van der Waals surface area contributed by atoms with Gasteiger partial charge in [-0.1, -0.05) is 19.1 Å².